The van der Waals surface area contributed by atoms with Crippen LogP contribution in [0.4, 0.5) is 17.1 Å². The number of nitrogens with zero attached hydrogens (tertiary/aromatic N) is 1. The van der Waals surface area contributed by atoms with Crippen LogP contribution in [0.1, 0.15) is 0 Å². The molecule has 0 heterocycles. The van der Waals surface area contributed by atoms with Gasteiger partial charge in [-0.1, -0.05) is 146 Å². The molecule has 9 aromatic carbocycles. The van der Waals surface area contributed by atoms with E-state index in [1.165, 1.54) is 71.0 Å². The molecule has 0 unspecified atom stereocenters. The predicted octanol–water partition coefficient (Wildman–Crippen LogP) is 12.5. The first-order valence-electron chi connectivity index (χ1n) is 15.5. The van der Waals surface area contributed by atoms with Crippen LogP contribution >= 0.6 is 0 Å². The molecular formula is C44H29N. The van der Waals surface area contributed by atoms with Crippen molar-refractivity contribution in [3.05, 3.63) is 176 Å². The van der Waals surface area contributed by atoms with Gasteiger partial charge in [0.15, 0.2) is 0 Å². The molecule has 0 aliphatic rings. The van der Waals surface area contributed by atoms with Gasteiger partial charge in [-0.3, -0.25) is 0 Å². The van der Waals surface area contributed by atoms with E-state index >= 15 is 0 Å². The highest BCUT2D eigenvalue weighted by molar-refractivity contribution is 6.34. The van der Waals surface area contributed by atoms with Crippen LogP contribution in [-0.2, 0) is 0 Å². The Kier molecular flexibility index (Phi) is 5.89. The van der Waals surface area contributed by atoms with Crippen LogP contribution in [-0.4, -0.2) is 0 Å². The molecule has 0 saturated heterocycles. The molecule has 1 heteroatoms. The summed E-state index contributed by atoms with van der Waals surface area (Å²) in [4.78, 5) is 2.41. The first-order chi connectivity index (χ1) is 22.3. The minimum Gasteiger partial charge on any atom is -0.310 e. The van der Waals surface area contributed by atoms with Crippen molar-refractivity contribution in [1.29, 1.82) is 0 Å². The van der Waals surface area contributed by atoms with Gasteiger partial charge in [-0.2, -0.15) is 0 Å². The Bertz CT molecular complexity index is 2310. The molecule has 0 atom stereocenters. The molecule has 0 amide bonds. The van der Waals surface area contributed by atoms with Crippen LogP contribution in [0, 0.1) is 0 Å². The summed E-state index contributed by atoms with van der Waals surface area (Å²) < 4.78 is 0. The molecule has 0 fully saturated rings. The maximum atomic E-state index is 2.41. The number of fused-ring (bicyclic) bond motifs is 2. The lowest BCUT2D eigenvalue weighted by Gasteiger charge is -2.28. The number of rotatable bonds is 5. The monoisotopic (exact) mass is 571 g/mol. The van der Waals surface area contributed by atoms with E-state index in [9.17, 15) is 0 Å². The molecule has 0 aliphatic heterocycles. The SMILES string of the molecule is c1ccc(-c2ccc(N(c3ccc(-c4ccccc4)cc3)c3ccc4c5cccc6cccc(c7cccc3c74)c65)cc2)cc1. The summed E-state index contributed by atoms with van der Waals surface area (Å²) in [6.45, 7) is 0. The van der Waals surface area contributed by atoms with Crippen molar-refractivity contribution in [2.75, 3.05) is 4.90 Å². The lowest BCUT2D eigenvalue weighted by atomic mass is 9.89. The predicted molar refractivity (Wildman–Crippen MR) is 193 cm³/mol. The highest BCUT2D eigenvalue weighted by Crippen LogP contribution is 2.46. The normalized spacial score (nSPS) is 11.6. The average molecular weight is 572 g/mol. The number of anilines is 3. The van der Waals surface area contributed by atoms with Crippen molar-refractivity contribution >= 4 is 60.2 Å². The Morgan fingerprint density at radius 1 is 0.267 bits per heavy atom. The Labute approximate surface area is 262 Å². The van der Waals surface area contributed by atoms with E-state index in [0.29, 0.717) is 0 Å². The van der Waals surface area contributed by atoms with Gasteiger partial charge in [-0.05, 0) is 90.3 Å². The summed E-state index contributed by atoms with van der Waals surface area (Å²) in [5.41, 5.74) is 8.28. The van der Waals surface area contributed by atoms with Crippen molar-refractivity contribution in [1.82, 2.24) is 0 Å². The van der Waals surface area contributed by atoms with E-state index in [1.807, 2.05) is 0 Å². The Morgan fingerprint density at radius 3 is 1.22 bits per heavy atom. The van der Waals surface area contributed by atoms with Crippen LogP contribution in [0.2, 0.25) is 0 Å². The minimum absolute atomic E-state index is 1.13. The molecule has 45 heavy (non-hydrogen) atoms. The number of hydrogen-bond acceptors (Lipinski definition) is 1. The van der Waals surface area contributed by atoms with Crippen molar-refractivity contribution in [3.8, 4) is 22.3 Å². The van der Waals surface area contributed by atoms with Crippen LogP contribution in [0.15, 0.2) is 176 Å². The quantitative estimate of drug-likeness (QED) is 0.147. The largest absolute Gasteiger partial charge is 0.310 e. The van der Waals surface area contributed by atoms with Crippen molar-refractivity contribution < 1.29 is 0 Å². The Hall–Kier alpha value is -5.92. The zero-order chi connectivity index (χ0) is 29.7. The fourth-order valence-corrected chi connectivity index (χ4v) is 7.12. The van der Waals surface area contributed by atoms with Crippen LogP contribution < -0.4 is 4.90 Å². The lowest BCUT2D eigenvalue weighted by molar-refractivity contribution is 1.30. The van der Waals surface area contributed by atoms with E-state index in [4.69, 9.17) is 0 Å². The summed E-state index contributed by atoms with van der Waals surface area (Å²) in [5.74, 6) is 0. The summed E-state index contributed by atoms with van der Waals surface area (Å²) in [6, 6.07) is 63.9. The van der Waals surface area contributed by atoms with Gasteiger partial charge in [0.2, 0.25) is 0 Å². The molecule has 1 nitrogen and oxygen atoms in total. The van der Waals surface area contributed by atoms with Gasteiger partial charge in [0.1, 0.15) is 0 Å². The third-order valence-electron chi connectivity index (χ3n) is 9.21. The second-order valence-corrected chi connectivity index (χ2v) is 11.7. The second kappa shape index (κ2) is 10.4. The highest BCUT2D eigenvalue weighted by atomic mass is 15.1. The lowest BCUT2D eigenvalue weighted by Crippen LogP contribution is -2.10. The van der Waals surface area contributed by atoms with E-state index < -0.39 is 0 Å². The van der Waals surface area contributed by atoms with Crippen molar-refractivity contribution in [3.63, 3.8) is 0 Å². The van der Waals surface area contributed by atoms with Gasteiger partial charge < -0.3 is 4.90 Å². The van der Waals surface area contributed by atoms with Gasteiger partial charge in [0, 0.05) is 16.8 Å². The molecule has 0 spiro atoms. The van der Waals surface area contributed by atoms with E-state index in [0.717, 1.165) is 11.4 Å². The molecule has 9 rings (SSSR count). The summed E-state index contributed by atoms with van der Waals surface area (Å²) in [5, 5.41) is 10.4. The van der Waals surface area contributed by atoms with Crippen LogP contribution in [0.25, 0.3) is 65.3 Å². The molecule has 9 aromatic rings. The summed E-state index contributed by atoms with van der Waals surface area (Å²) in [7, 11) is 0. The molecular weight excluding hydrogens is 542 g/mol. The minimum atomic E-state index is 1.13. The van der Waals surface area contributed by atoms with Crippen LogP contribution in [0.5, 0.6) is 0 Å². The second-order valence-electron chi connectivity index (χ2n) is 11.7. The fraction of sp³-hybridized carbons (Fsp3) is 0. The summed E-state index contributed by atoms with van der Waals surface area (Å²) >= 11 is 0. The molecule has 0 radical (unpaired) electrons. The van der Waals surface area contributed by atoms with E-state index in [1.54, 1.807) is 0 Å². The molecule has 0 N–H and O–H groups in total. The fourth-order valence-electron chi connectivity index (χ4n) is 7.12. The zero-order valence-electron chi connectivity index (χ0n) is 24.7. The maximum absolute atomic E-state index is 2.41. The van der Waals surface area contributed by atoms with Crippen molar-refractivity contribution in [2.45, 2.75) is 0 Å². The van der Waals surface area contributed by atoms with Gasteiger partial charge >= 0.3 is 0 Å². The standard InChI is InChI=1S/C44H29N/c1-3-10-30(11-4-1)32-20-24-35(25-21-32)45(36-26-22-33(23-27-36)31-12-5-2-6-13-31)42-29-28-40-38-17-8-15-34-14-7-16-37(43(34)38)39-18-9-19-41(42)44(39)40/h1-29H. The van der Waals surface area contributed by atoms with Gasteiger partial charge in [0.05, 0.1) is 5.69 Å². The molecule has 0 saturated carbocycles. The Balaban J connectivity index is 1.28. The van der Waals surface area contributed by atoms with Crippen molar-refractivity contribution in [2.24, 2.45) is 0 Å². The highest BCUT2D eigenvalue weighted by Gasteiger charge is 2.20. The smallest absolute Gasteiger partial charge is 0.0540 e. The third-order valence-corrected chi connectivity index (χ3v) is 9.21. The zero-order valence-corrected chi connectivity index (χ0v) is 24.7. The maximum Gasteiger partial charge on any atom is 0.0540 e. The molecule has 0 aliphatic carbocycles. The van der Waals surface area contributed by atoms with Gasteiger partial charge in [0.25, 0.3) is 0 Å². The molecule has 0 bridgehead atoms. The Morgan fingerprint density at radius 2 is 0.689 bits per heavy atom. The first kappa shape index (κ1) is 25.6. The van der Waals surface area contributed by atoms with E-state index in [-0.39, 0.29) is 0 Å². The molecule has 0 aromatic heterocycles. The number of hydrogen-bond donors (Lipinski definition) is 0. The first-order valence-corrected chi connectivity index (χ1v) is 15.5. The molecule has 210 valence electrons. The third kappa shape index (κ3) is 4.17. The van der Waals surface area contributed by atoms with Gasteiger partial charge in [-0.15, -0.1) is 0 Å². The van der Waals surface area contributed by atoms with E-state index in [2.05, 4.69) is 181 Å². The van der Waals surface area contributed by atoms with Gasteiger partial charge in [-0.25, -0.2) is 0 Å². The average Bonchev–Trinajstić information content (AvgIpc) is 3.12. The number of benzene rings is 9. The summed E-state index contributed by atoms with van der Waals surface area (Å²) in [6.07, 6.45) is 0. The van der Waals surface area contributed by atoms with Crippen LogP contribution in [0.3, 0.4) is 0 Å². The topological polar surface area (TPSA) is 3.24 Å².